The minimum atomic E-state index is -1.17. The molecule has 0 fully saturated rings. The molecule has 2 aromatic carbocycles. The van der Waals surface area contributed by atoms with Crippen LogP contribution in [0.25, 0.3) is 6.08 Å². The largest absolute Gasteiger partial charge is 0.497 e. The van der Waals surface area contributed by atoms with Crippen molar-refractivity contribution in [2.75, 3.05) is 20.3 Å². The normalized spacial score (nSPS) is 14.9. The molecule has 0 amide bonds. The van der Waals surface area contributed by atoms with Crippen LogP contribution in [-0.4, -0.2) is 41.9 Å². The third-order valence-corrected chi connectivity index (χ3v) is 7.50. The number of hydrogen-bond donors (Lipinski definition) is 1. The van der Waals surface area contributed by atoms with Crippen LogP contribution in [0.1, 0.15) is 43.9 Å². The third-order valence-electron chi connectivity index (χ3n) is 5.96. The maximum Gasteiger partial charge on any atom is 0.341 e. The number of halogens is 2. The van der Waals surface area contributed by atoms with Gasteiger partial charge in [0.25, 0.3) is 5.56 Å². The molecule has 1 aliphatic rings. The lowest BCUT2D eigenvalue weighted by Gasteiger charge is -2.26. The zero-order chi connectivity index (χ0) is 29.0. The maximum absolute atomic E-state index is 13.9. The van der Waals surface area contributed by atoms with Gasteiger partial charge in [0, 0.05) is 0 Å². The highest BCUT2D eigenvalue weighted by Gasteiger charge is 2.34. The van der Waals surface area contributed by atoms with Gasteiger partial charge in [-0.25, -0.2) is 14.6 Å². The van der Waals surface area contributed by atoms with E-state index in [2.05, 4.69) is 0 Å². The standard InChI is InChI=1S/C28H26Cl2N2O7S/c1-4-7-20-23(27(36)38-5-2)24(16-8-6-9-17(13-16)37-3)32-26(35)21(40-28(32)31-20)12-15-10-18(29)25(19(30)11-15)39-14-22(33)34/h6,8-13,24H,4-5,7,14H2,1-3H3,(H,33,34)/b21-12-/t24-/m0/s1. The molecule has 0 saturated heterocycles. The SMILES string of the molecule is CCCC1=C(C(=O)OCC)[C@H](c2cccc(OC)c2)n2c(s/c(=C\c3cc(Cl)c(OCC(=O)O)c(Cl)c3)c2=O)=N1. The average molecular weight is 605 g/mol. The van der Waals surface area contributed by atoms with Gasteiger partial charge >= 0.3 is 11.9 Å². The Morgan fingerprint density at radius 3 is 2.52 bits per heavy atom. The fourth-order valence-corrected chi connectivity index (χ4v) is 5.97. The Hall–Kier alpha value is -3.60. The van der Waals surface area contributed by atoms with Crippen molar-refractivity contribution < 1.29 is 28.9 Å². The quantitative estimate of drug-likeness (QED) is 0.342. The second-order valence-corrected chi connectivity index (χ2v) is 10.5. The average Bonchev–Trinajstić information content (AvgIpc) is 3.21. The number of fused-ring (bicyclic) bond motifs is 1. The van der Waals surface area contributed by atoms with E-state index in [0.717, 1.165) is 6.42 Å². The summed E-state index contributed by atoms with van der Waals surface area (Å²) in [7, 11) is 1.55. The van der Waals surface area contributed by atoms with E-state index < -0.39 is 24.6 Å². The number of carbonyl (C=O) groups excluding carboxylic acids is 1. The monoisotopic (exact) mass is 604 g/mol. The van der Waals surface area contributed by atoms with Crippen molar-refractivity contribution in [2.24, 2.45) is 4.99 Å². The first kappa shape index (κ1) is 29.4. The van der Waals surface area contributed by atoms with Gasteiger partial charge in [-0.2, -0.15) is 0 Å². The van der Waals surface area contributed by atoms with Crippen molar-refractivity contribution in [1.82, 2.24) is 4.57 Å². The molecule has 9 nitrogen and oxygen atoms in total. The summed E-state index contributed by atoms with van der Waals surface area (Å²) < 4.78 is 17.8. The van der Waals surface area contributed by atoms with Crippen molar-refractivity contribution in [2.45, 2.75) is 32.7 Å². The van der Waals surface area contributed by atoms with Crippen LogP contribution in [0.5, 0.6) is 11.5 Å². The van der Waals surface area contributed by atoms with E-state index in [1.165, 1.54) is 28.0 Å². The molecule has 1 aromatic heterocycles. The van der Waals surface area contributed by atoms with Crippen molar-refractivity contribution in [3.8, 4) is 11.5 Å². The molecule has 12 heteroatoms. The third kappa shape index (κ3) is 6.09. The molecule has 0 spiro atoms. The number of esters is 1. The maximum atomic E-state index is 13.9. The molecule has 1 atom stereocenters. The summed E-state index contributed by atoms with van der Waals surface area (Å²) in [6, 6.07) is 9.45. The predicted molar refractivity (Wildman–Crippen MR) is 152 cm³/mol. The van der Waals surface area contributed by atoms with Crippen LogP contribution in [0, 0.1) is 0 Å². The van der Waals surface area contributed by atoms with Crippen LogP contribution in [0.2, 0.25) is 10.0 Å². The molecule has 2 heterocycles. The first-order valence-electron chi connectivity index (χ1n) is 12.4. The number of aliphatic carboxylic acids is 1. The summed E-state index contributed by atoms with van der Waals surface area (Å²) in [6.07, 6.45) is 2.86. The Bertz CT molecular complexity index is 1650. The minimum absolute atomic E-state index is 0.0330. The van der Waals surface area contributed by atoms with Crippen molar-refractivity contribution in [1.29, 1.82) is 0 Å². The highest BCUT2D eigenvalue weighted by atomic mass is 35.5. The summed E-state index contributed by atoms with van der Waals surface area (Å²) in [5.74, 6) is -1.10. The van der Waals surface area contributed by atoms with Gasteiger partial charge in [-0.1, -0.05) is 60.0 Å². The van der Waals surface area contributed by atoms with Gasteiger partial charge in [0.05, 0.1) is 45.6 Å². The minimum Gasteiger partial charge on any atom is -0.497 e. The van der Waals surface area contributed by atoms with Gasteiger partial charge in [0.15, 0.2) is 17.2 Å². The van der Waals surface area contributed by atoms with Crippen LogP contribution in [0.3, 0.4) is 0 Å². The molecule has 210 valence electrons. The second kappa shape index (κ2) is 12.7. The molecule has 0 bridgehead atoms. The molecule has 0 radical (unpaired) electrons. The summed E-state index contributed by atoms with van der Waals surface area (Å²) in [4.78, 5) is 43.2. The van der Waals surface area contributed by atoms with Gasteiger partial charge in [0.2, 0.25) is 0 Å². The molecular formula is C28H26Cl2N2O7S. The van der Waals surface area contributed by atoms with Crippen molar-refractivity contribution >= 4 is 52.6 Å². The van der Waals surface area contributed by atoms with E-state index in [9.17, 15) is 14.4 Å². The van der Waals surface area contributed by atoms with E-state index in [1.807, 2.05) is 13.0 Å². The second-order valence-electron chi connectivity index (χ2n) is 8.69. The molecule has 0 aliphatic carbocycles. The van der Waals surface area contributed by atoms with Crippen molar-refractivity contribution in [3.63, 3.8) is 0 Å². The van der Waals surface area contributed by atoms with Crippen LogP contribution in [0.15, 0.2) is 57.5 Å². The number of aromatic nitrogens is 1. The molecule has 0 unspecified atom stereocenters. The summed E-state index contributed by atoms with van der Waals surface area (Å²) in [5, 5.41) is 9.07. The highest BCUT2D eigenvalue weighted by molar-refractivity contribution is 7.07. The zero-order valence-corrected chi connectivity index (χ0v) is 24.2. The fraction of sp³-hybridized carbons (Fsp3) is 0.286. The number of hydrogen-bond acceptors (Lipinski definition) is 8. The van der Waals surface area contributed by atoms with Gasteiger partial charge in [-0.3, -0.25) is 9.36 Å². The number of allylic oxidation sites excluding steroid dienone is 1. The number of rotatable bonds is 10. The Labute approximate surface area is 243 Å². The van der Waals surface area contributed by atoms with Gasteiger partial charge in [-0.15, -0.1) is 0 Å². The summed E-state index contributed by atoms with van der Waals surface area (Å²) >= 11 is 13.8. The van der Waals surface area contributed by atoms with Gasteiger partial charge in [0.1, 0.15) is 5.75 Å². The van der Waals surface area contributed by atoms with Gasteiger partial charge < -0.3 is 19.3 Å². The predicted octanol–water partition coefficient (Wildman–Crippen LogP) is 4.36. The molecule has 3 aromatic rings. The van der Waals surface area contributed by atoms with Crippen LogP contribution >= 0.6 is 34.5 Å². The van der Waals surface area contributed by atoms with Crippen LogP contribution < -0.4 is 24.4 Å². The molecule has 4 rings (SSSR count). The van der Waals surface area contributed by atoms with E-state index in [1.54, 1.807) is 38.3 Å². The fourth-order valence-electron chi connectivity index (χ4n) is 4.33. The van der Waals surface area contributed by atoms with E-state index in [0.29, 0.717) is 43.9 Å². The number of carboxylic acid groups (broad SMARTS) is 1. The van der Waals surface area contributed by atoms with E-state index >= 15 is 0 Å². The molecule has 40 heavy (non-hydrogen) atoms. The first-order valence-corrected chi connectivity index (χ1v) is 13.9. The van der Waals surface area contributed by atoms with Crippen LogP contribution in [0.4, 0.5) is 0 Å². The molecule has 1 N–H and O–H groups in total. The molecule has 0 saturated carbocycles. The lowest BCUT2D eigenvalue weighted by atomic mass is 9.94. The smallest absolute Gasteiger partial charge is 0.341 e. The molecule has 1 aliphatic heterocycles. The number of carboxylic acids is 1. The highest BCUT2D eigenvalue weighted by Crippen LogP contribution is 2.35. The number of methoxy groups -OCH3 is 1. The first-order chi connectivity index (χ1) is 19.2. The summed E-state index contributed by atoms with van der Waals surface area (Å²) in [6.45, 7) is 3.27. The van der Waals surface area contributed by atoms with E-state index in [4.69, 9.17) is 47.5 Å². The van der Waals surface area contributed by atoms with E-state index in [-0.39, 0.29) is 28.0 Å². The Kier molecular flexibility index (Phi) is 9.34. The van der Waals surface area contributed by atoms with Crippen LogP contribution in [-0.2, 0) is 14.3 Å². The lowest BCUT2D eigenvalue weighted by Crippen LogP contribution is -2.40. The Morgan fingerprint density at radius 2 is 1.90 bits per heavy atom. The lowest BCUT2D eigenvalue weighted by molar-refractivity contribution is -0.140. The topological polar surface area (TPSA) is 116 Å². The number of thiazole rings is 1. The number of carbonyl (C=O) groups is 2. The number of nitrogens with zero attached hydrogens (tertiary/aromatic N) is 2. The van der Waals surface area contributed by atoms with Crippen molar-refractivity contribution in [3.05, 3.63) is 88.5 Å². The number of benzene rings is 2. The summed E-state index contributed by atoms with van der Waals surface area (Å²) in [5.41, 5.74) is 1.67. The Morgan fingerprint density at radius 1 is 1.18 bits per heavy atom. The number of ether oxygens (including phenoxy) is 3. The molecular weight excluding hydrogens is 579 g/mol. The zero-order valence-electron chi connectivity index (χ0n) is 21.9. The van der Waals surface area contributed by atoms with Gasteiger partial charge in [-0.05, 0) is 54.8 Å². The Balaban J connectivity index is 1.92.